The number of amides is 1. The average Bonchev–Trinajstić information content (AvgIpc) is 2.58. The zero-order valence-corrected chi connectivity index (χ0v) is 14.7. The molecule has 0 aliphatic carbocycles. The lowest BCUT2D eigenvalue weighted by atomic mass is 10.2. The number of nitrogens with zero attached hydrogens (tertiary/aromatic N) is 3. The molecule has 0 spiro atoms. The van der Waals surface area contributed by atoms with E-state index in [4.69, 9.17) is 11.6 Å². The number of hydrogen-bond donors (Lipinski definition) is 1. The lowest BCUT2D eigenvalue weighted by Gasteiger charge is -2.36. The standard InChI is InChI=1S/C17H24ClFN4O/c1-2-20-17(21-9-3-8-19)23-11-10-22(16(24)13-23)12-14-4-6-15(18)7-5-14/h4-7H,2-3,8-13H2,1H3,(H,20,21). The Labute approximate surface area is 147 Å². The Bertz CT molecular complexity index is 564. The first-order chi connectivity index (χ1) is 11.6. The van der Waals surface area contributed by atoms with Gasteiger partial charge < -0.3 is 15.1 Å². The summed E-state index contributed by atoms with van der Waals surface area (Å²) in [5.74, 6) is 0.748. The molecule has 5 nitrogen and oxygen atoms in total. The van der Waals surface area contributed by atoms with E-state index in [2.05, 4.69) is 10.3 Å². The van der Waals surface area contributed by atoms with E-state index in [1.165, 1.54) is 0 Å². The van der Waals surface area contributed by atoms with Gasteiger partial charge in [0.05, 0.1) is 13.2 Å². The van der Waals surface area contributed by atoms with Crippen molar-refractivity contribution in [1.29, 1.82) is 0 Å². The third-order valence-electron chi connectivity index (χ3n) is 3.79. The highest BCUT2D eigenvalue weighted by Crippen LogP contribution is 2.13. The van der Waals surface area contributed by atoms with Gasteiger partial charge in [0.1, 0.15) is 0 Å². The Hall–Kier alpha value is -1.82. The SMILES string of the molecule is CCNC(=NCCCF)N1CCN(Cc2ccc(Cl)cc2)C(=O)C1. The normalized spacial score (nSPS) is 15.8. The summed E-state index contributed by atoms with van der Waals surface area (Å²) in [6, 6.07) is 7.53. The number of guanidine groups is 1. The number of carbonyl (C=O) groups is 1. The van der Waals surface area contributed by atoms with E-state index in [-0.39, 0.29) is 19.1 Å². The van der Waals surface area contributed by atoms with Crippen molar-refractivity contribution < 1.29 is 9.18 Å². The van der Waals surface area contributed by atoms with Crippen LogP contribution < -0.4 is 5.32 Å². The summed E-state index contributed by atoms with van der Waals surface area (Å²) in [6.07, 6.45) is 0.402. The predicted octanol–water partition coefficient (Wildman–Crippen LogP) is 2.31. The fourth-order valence-corrected chi connectivity index (χ4v) is 2.66. The minimum Gasteiger partial charge on any atom is -0.357 e. The highest BCUT2D eigenvalue weighted by Gasteiger charge is 2.25. The molecule has 0 atom stereocenters. The zero-order chi connectivity index (χ0) is 17.4. The van der Waals surface area contributed by atoms with Crippen molar-refractivity contribution in [3.63, 3.8) is 0 Å². The van der Waals surface area contributed by atoms with Gasteiger partial charge in [-0.05, 0) is 31.0 Å². The molecule has 1 fully saturated rings. The van der Waals surface area contributed by atoms with E-state index in [9.17, 15) is 9.18 Å². The largest absolute Gasteiger partial charge is 0.357 e. The van der Waals surface area contributed by atoms with Crippen LogP contribution in [0, 0.1) is 0 Å². The molecule has 1 heterocycles. The average molecular weight is 355 g/mol. The topological polar surface area (TPSA) is 47.9 Å². The molecule has 1 aliphatic heterocycles. The molecule has 1 saturated heterocycles. The van der Waals surface area contributed by atoms with Crippen LogP contribution in [0.3, 0.4) is 0 Å². The van der Waals surface area contributed by atoms with Crippen LogP contribution in [0.15, 0.2) is 29.3 Å². The Morgan fingerprint density at radius 2 is 2.08 bits per heavy atom. The summed E-state index contributed by atoms with van der Waals surface area (Å²) < 4.78 is 12.2. The Kier molecular flexibility index (Phi) is 7.31. The van der Waals surface area contributed by atoms with Crippen LogP contribution in [0.5, 0.6) is 0 Å². The van der Waals surface area contributed by atoms with Gasteiger partial charge in [-0.15, -0.1) is 0 Å². The van der Waals surface area contributed by atoms with E-state index in [0.717, 1.165) is 5.56 Å². The summed E-state index contributed by atoms with van der Waals surface area (Å²) >= 11 is 5.89. The molecular formula is C17H24ClFN4O. The maximum absolute atomic E-state index is 12.4. The van der Waals surface area contributed by atoms with E-state index >= 15 is 0 Å². The first kappa shape index (κ1) is 18.5. The summed E-state index contributed by atoms with van der Waals surface area (Å²) in [4.78, 5) is 20.6. The lowest BCUT2D eigenvalue weighted by molar-refractivity contribution is -0.135. The van der Waals surface area contributed by atoms with Gasteiger partial charge in [0.2, 0.25) is 5.91 Å². The molecular weight excluding hydrogens is 331 g/mol. The molecule has 0 bridgehead atoms. The van der Waals surface area contributed by atoms with Crippen LogP contribution in [0.1, 0.15) is 18.9 Å². The van der Waals surface area contributed by atoms with Crippen molar-refractivity contribution in [2.75, 3.05) is 39.4 Å². The number of piperazine rings is 1. The van der Waals surface area contributed by atoms with Crippen LogP contribution in [0.2, 0.25) is 5.02 Å². The molecule has 0 radical (unpaired) electrons. The maximum atomic E-state index is 12.4. The van der Waals surface area contributed by atoms with Crippen molar-refractivity contribution in [2.24, 2.45) is 4.99 Å². The number of rotatable bonds is 6. The number of alkyl halides is 1. The van der Waals surface area contributed by atoms with E-state index in [1.807, 2.05) is 41.0 Å². The smallest absolute Gasteiger partial charge is 0.242 e. The Morgan fingerprint density at radius 1 is 1.33 bits per heavy atom. The van der Waals surface area contributed by atoms with E-state index in [1.54, 1.807) is 0 Å². The fourth-order valence-electron chi connectivity index (χ4n) is 2.54. The molecule has 2 rings (SSSR count). The first-order valence-electron chi connectivity index (χ1n) is 8.25. The number of nitrogens with one attached hydrogen (secondary N) is 1. The molecule has 132 valence electrons. The molecule has 24 heavy (non-hydrogen) atoms. The van der Waals surface area contributed by atoms with E-state index < -0.39 is 0 Å². The van der Waals surface area contributed by atoms with Crippen LogP contribution in [0.25, 0.3) is 0 Å². The Balaban J connectivity index is 1.94. The monoisotopic (exact) mass is 354 g/mol. The minimum atomic E-state index is -0.378. The molecule has 1 N–H and O–H groups in total. The molecule has 0 aromatic heterocycles. The second-order valence-corrected chi connectivity index (χ2v) is 6.08. The number of carbonyl (C=O) groups excluding carboxylic acids is 1. The summed E-state index contributed by atoms with van der Waals surface area (Å²) in [7, 11) is 0. The molecule has 0 saturated carbocycles. The zero-order valence-electron chi connectivity index (χ0n) is 14.0. The predicted molar refractivity (Wildman–Crippen MR) is 95.0 cm³/mol. The number of benzene rings is 1. The molecule has 1 aliphatic rings. The molecule has 1 amide bonds. The van der Waals surface area contributed by atoms with Gasteiger partial charge in [-0.2, -0.15) is 0 Å². The van der Waals surface area contributed by atoms with Gasteiger partial charge in [0, 0.05) is 37.7 Å². The van der Waals surface area contributed by atoms with Crippen molar-refractivity contribution in [3.8, 4) is 0 Å². The molecule has 1 aromatic carbocycles. The van der Waals surface area contributed by atoms with Crippen molar-refractivity contribution >= 4 is 23.5 Å². The first-order valence-corrected chi connectivity index (χ1v) is 8.63. The number of halogens is 2. The Morgan fingerprint density at radius 3 is 2.71 bits per heavy atom. The van der Waals surface area contributed by atoms with Crippen LogP contribution in [0.4, 0.5) is 4.39 Å². The van der Waals surface area contributed by atoms with Gasteiger partial charge in [-0.1, -0.05) is 23.7 Å². The fraction of sp³-hybridized carbons (Fsp3) is 0.529. The summed E-state index contributed by atoms with van der Waals surface area (Å²) in [6.45, 7) is 4.95. The second kappa shape index (κ2) is 9.47. The van der Waals surface area contributed by atoms with Gasteiger partial charge in [-0.3, -0.25) is 14.2 Å². The van der Waals surface area contributed by atoms with Crippen LogP contribution in [-0.4, -0.2) is 61.1 Å². The van der Waals surface area contributed by atoms with Gasteiger partial charge in [0.25, 0.3) is 0 Å². The van der Waals surface area contributed by atoms with Crippen molar-refractivity contribution in [2.45, 2.75) is 19.9 Å². The van der Waals surface area contributed by atoms with Crippen LogP contribution in [-0.2, 0) is 11.3 Å². The maximum Gasteiger partial charge on any atom is 0.242 e. The van der Waals surface area contributed by atoms with Gasteiger partial charge in [0.15, 0.2) is 5.96 Å². The van der Waals surface area contributed by atoms with Crippen LogP contribution >= 0.6 is 11.6 Å². The third-order valence-corrected chi connectivity index (χ3v) is 4.05. The molecule has 7 heteroatoms. The van der Waals surface area contributed by atoms with Gasteiger partial charge >= 0.3 is 0 Å². The number of hydrogen-bond acceptors (Lipinski definition) is 2. The number of aliphatic imine (C=N–C) groups is 1. The minimum absolute atomic E-state index is 0.0623. The van der Waals surface area contributed by atoms with Gasteiger partial charge in [-0.25, -0.2) is 0 Å². The summed E-state index contributed by atoms with van der Waals surface area (Å²) in [5.41, 5.74) is 1.06. The molecule has 1 aromatic rings. The van der Waals surface area contributed by atoms with Crippen molar-refractivity contribution in [1.82, 2.24) is 15.1 Å². The molecule has 0 unspecified atom stereocenters. The highest BCUT2D eigenvalue weighted by molar-refractivity contribution is 6.30. The highest BCUT2D eigenvalue weighted by atomic mass is 35.5. The summed E-state index contributed by atoms with van der Waals surface area (Å²) in [5, 5.41) is 3.86. The second-order valence-electron chi connectivity index (χ2n) is 5.64. The third kappa shape index (κ3) is 5.37. The van der Waals surface area contributed by atoms with Crippen molar-refractivity contribution in [3.05, 3.63) is 34.9 Å². The quantitative estimate of drug-likeness (QED) is 0.484. The lowest BCUT2D eigenvalue weighted by Crippen LogP contribution is -2.55. The van der Waals surface area contributed by atoms with E-state index in [0.29, 0.717) is 50.1 Å².